The number of nitrogens with zero attached hydrogens (tertiary/aromatic N) is 2. The van der Waals surface area contributed by atoms with Crippen molar-refractivity contribution in [3.8, 4) is 0 Å². The van der Waals surface area contributed by atoms with Gasteiger partial charge in [-0.1, -0.05) is 0 Å². The maximum atomic E-state index is 12.3. The Morgan fingerprint density at radius 1 is 1.47 bits per heavy atom. The lowest BCUT2D eigenvalue weighted by Gasteiger charge is -2.20. The molecule has 0 saturated carbocycles. The lowest BCUT2D eigenvalue weighted by atomic mass is 10.3. The first kappa shape index (κ1) is 15.2. The Morgan fingerprint density at radius 2 is 2.21 bits per heavy atom. The van der Waals surface area contributed by atoms with E-state index in [9.17, 15) is 9.59 Å². The van der Waals surface area contributed by atoms with E-state index < -0.39 is 5.97 Å². The van der Waals surface area contributed by atoms with Gasteiger partial charge in [-0.25, -0.2) is 0 Å². The maximum Gasteiger partial charge on any atom is 0.305 e. The van der Waals surface area contributed by atoms with Gasteiger partial charge in [0.15, 0.2) is 0 Å². The molecule has 0 unspecified atom stereocenters. The molecule has 106 valence electrons. The number of carbonyl (C=O) groups is 2. The molecular weight excluding hydrogens is 248 g/mol. The Hall–Kier alpha value is -1.82. The van der Waals surface area contributed by atoms with E-state index in [1.54, 1.807) is 19.2 Å². The average molecular weight is 268 g/mol. The van der Waals surface area contributed by atoms with Crippen LogP contribution in [-0.4, -0.2) is 53.3 Å². The Morgan fingerprint density at radius 3 is 2.79 bits per heavy atom. The van der Waals surface area contributed by atoms with E-state index in [0.717, 1.165) is 0 Å². The van der Waals surface area contributed by atoms with Crippen molar-refractivity contribution in [3.63, 3.8) is 0 Å². The molecule has 1 amide bonds. The molecule has 0 spiro atoms. The summed E-state index contributed by atoms with van der Waals surface area (Å²) >= 11 is 0. The molecule has 0 aliphatic heterocycles. The first-order chi connectivity index (χ1) is 9.10. The van der Waals surface area contributed by atoms with Gasteiger partial charge in [0.2, 0.25) is 0 Å². The Labute approximate surface area is 112 Å². The minimum atomic E-state index is -0.902. The minimum absolute atomic E-state index is 0.0433. The predicted octanol–water partition coefficient (Wildman–Crippen LogP) is 1.07. The first-order valence-corrected chi connectivity index (χ1v) is 6.25. The molecule has 0 aliphatic rings. The lowest BCUT2D eigenvalue weighted by molar-refractivity contribution is -0.137. The number of amides is 1. The SMILES string of the molecule is CCN(CCC(=O)O)C(=O)c1cccn1CCOC. The predicted molar refractivity (Wildman–Crippen MR) is 70.1 cm³/mol. The number of hydrogen-bond donors (Lipinski definition) is 1. The van der Waals surface area contributed by atoms with Gasteiger partial charge in [0.05, 0.1) is 13.0 Å². The monoisotopic (exact) mass is 268 g/mol. The highest BCUT2D eigenvalue weighted by atomic mass is 16.5. The number of carboxylic acid groups (broad SMARTS) is 1. The summed E-state index contributed by atoms with van der Waals surface area (Å²) in [5, 5.41) is 8.68. The molecule has 0 fully saturated rings. The topological polar surface area (TPSA) is 71.8 Å². The number of aliphatic carboxylic acids is 1. The summed E-state index contributed by atoms with van der Waals surface area (Å²) in [6, 6.07) is 3.54. The molecule has 1 heterocycles. The van der Waals surface area contributed by atoms with Crippen LogP contribution in [0.15, 0.2) is 18.3 Å². The Balaban J connectivity index is 2.73. The smallest absolute Gasteiger partial charge is 0.305 e. The molecule has 19 heavy (non-hydrogen) atoms. The van der Waals surface area contributed by atoms with Crippen LogP contribution in [0.1, 0.15) is 23.8 Å². The maximum absolute atomic E-state index is 12.3. The van der Waals surface area contributed by atoms with Crippen LogP contribution in [0, 0.1) is 0 Å². The normalized spacial score (nSPS) is 10.4. The first-order valence-electron chi connectivity index (χ1n) is 6.25. The van der Waals surface area contributed by atoms with E-state index in [4.69, 9.17) is 9.84 Å². The van der Waals surface area contributed by atoms with Gasteiger partial charge < -0.3 is 19.3 Å². The number of carboxylic acids is 1. The molecule has 0 aromatic carbocycles. The largest absolute Gasteiger partial charge is 0.481 e. The molecule has 0 saturated heterocycles. The third-order valence-corrected chi connectivity index (χ3v) is 2.85. The standard InChI is InChI=1S/C13H20N2O4/c1-3-14(8-6-12(16)17)13(18)11-5-4-7-15(11)9-10-19-2/h4-5,7H,3,6,8-10H2,1-2H3,(H,16,17). The molecule has 1 aromatic heterocycles. The third-order valence-electron chi connectivity index (χ3n) is 2.85. The van der Waals surface area contributed by atoms with Crippen molar-refractivity contribution in [2.45, 2.75) is 19.9 Å². The van der Waals surface area contributed by atoms with Crippen LogP contribution >= 0.6 is 0 Å². The second kappa shape index (κ2) is 7.58. The van der Waals surface area contributed by atoms with Crippen molar-refractivity contribution in [2.75, 3.05) is 26.8 Å². The van der Waals surface area contributed by atoms with Crippen molar-refractivity contribution >= 4 is 11.9 Å². The van der Waals surface area contributed by atoms with Gasteiger partial charge in [0, 0.05) is 32.9 Å². The second-order valence-electron chi connectivity index (χ2n) is 4.11. The van der Waals surface area contributed by atoms with Gasteiger partial charge in [0.1, 0.15) is 5.69 Å². The van der Waals surface area contributed by atoms with Crippen LogP contribution in [0.2, 0.25) is 0 Å². The Kier molecular flexibility index (Phi) is 6.08. The molecule has 6 heteroatoms. The highest BCUT2D eigenvalue weighted by Crippen LogP contribution is 2.08. The summed E-state index contributed by atoms with van der Waals surface area (Å²) in [4.78, 5) is 24.4. The number of hydrogen-bond acceptors (Lipinski definition) is 3. The van der Waals surface area contributed by atoms with Crippen molar-refractivity contribution < 1.29 is 19.4 Å². The molecule has 6 nitrogen and oxygen atoms in total. The number of rotatable bonds is 8. The summed E-state index contributed by atoms with van der Waals surface area (Å²) in [5.41, 5.74) is 0.560. The molecule has 1 aromatic rings. The van der Waals surface area contributed by atoms with Gasteiger partial charge in [-0.05, 0) is 19.1 Å². The van der Waals surface area contributed by atoms with E-state index in [1.807, 2.05) is 17.7 Å². The van der Waals surface area contributed by atoms with Gasteiger partial charge in [0.25, 0.3) is 5.91 Å². The molecular formula is C13H20N2O4. The van der Waals surface area contributed by atoms with Crippen LogP contribution in [-0.2, 0) is 16.1 Å². The van der Waals surface area contributed by atoms with Gasteiger partial charge >= 0.3 is 5.97 Å². The van der Waals surface area contributed by atoms with Crippen LogP contribution in [0.25, 0.3) is 0 Å². The molecule has 0 radical (unpaired) electrons. The van der Waals surface area contributed by atoms with Crippen LogP contribution in [0.5, 0.6) is 0 Å². The van der Waals surface area contributed by atoms with E-state index in [2.05, 4.69) is 0 Å². The van der Waals surface area contributed by atoms with Crippen molar-refractivity contribution in [1.82, 2.24) is 9.47 Å². The van der Waals surface area contributed by atoms with Crippen molar-refractivity contribution in [1.29, 1.82) is 0 Å². The summed E-state index contributed by atoms with van der Waals surface area (Å²) in [6.45, 7) is 3.67. The fraction of sp³-hybridized carbons (Fsp3) is 0.538. The van der Waals surface area contributed by atoms with Gasteiger partial charge in [-0.15, -0.1) is 0 Å². The van der Waals surface area contributed by atoms with E-state index in [0.29, 0.717) is 25.4 Å². The zero-order valence-electron chi connectivity index (χ0n) is 11.3. The zero-order valence-corrected chi connectivity index (χ0v) is 11.3. The molecule has 1 N–H and O–H groups in total. The van der Waals surface area contributed by atoms with Crippen LogP contribution < -0.4 is 0 Å². The quantitative estimate of drug-likeness (QED) is 0.765. The molecule has 0 aliphatic carbocycles. The summed E-state index contributed by atoms with van der Waals surface area (Å²) in [5.74, 6) is -1.05. The second-order valence-corrected chi connectivity index (χ2v) is 4.11. The fourth-order valence-corrected chi connectivity index (χ4v) is 1.79. The van der Waals surface area contributed by atoms with E-state index >= 15 is 0 Å². The number of aromatic nitrogens is 1. The average Bonchev–Trinajstić information content (AvgIpc) is 2.84. The van der Waals surface area contributed by atoms with Gasteiger partial charge in [-0.2, -0.15) is 0 Å². The Bertz CT molecular complexity index is 428. The molecule has 0 atom stereocenters. The summed E-state index contributed by atoms with van der Waals surface area (Å²) in [6.07, 6.45) is 1.77. The van der Waals surface area contributed by atoms with Crippen LogP contribution in [0.4, 0.5) is 0 Å². The highest BCUT2D eigenvalue weighted by molar-refractivity contribution is 5.93. The minimum Gasteiger partial charge on any atom is -0.481 e. The number of carbonyl (C=O) groups excluding carboxylic acids is 1. The summed E-state index contributed by atoms with van der Waals surface area (Å²) in [7, 11) is 1.61. The third kappa shape index (κ3) is 4.40. The zero-order chi connectivity index (χ0) is 14.3. The van der Waals surface area contributed by atoms with Gasteiger partial charge in [-0.3, -0.25) is 9.59 Å². The van der Waals surface area contributed by atoms with Crippen molar-refractivity contribution in [3.05, 3.63) is 24.0 Å². The summed E-state index contributed by atoms with van der Waals surface area (Å²) < 4.78 is 6.81. The lowest BCUT2D eigenvalue weighted by Crippen LogP contribution is -2.34. The number of methoxy groups -OCH3 is 1. The molecule has 0 bridgehead atoms. The number of ether oxygens (including phenoxy) is 1. The van der Waals surface area contributed by atoms with E-state index in [-0.39, 0.29) is 18.9 Å². The fourth-order valence-electron chi connectivity index (χ4n) is 1.79. The van der Waals surface area contributed by atoms with E-state index in [1.165, 1.54) is 4.90 Å². The molecule has 1 rings (SSSR count). The highest BCUT2D eigenvalue weighted by Gasteiger charge is 2.18. The van der Waals surface area contributed by atoms with Crippen molar-refractivity contribution in [2.24, 2.45) is 0 Å². The van der Waals surface area contributed by atoms with Crippen LogP contribution in [0.3, 0.4) is 0 Å².